The zero-order chi connectivity index (χ0) is 51.3. The van der Waals surface area contributed by atoms with E-state index in [2.05, 4.69) is 111 Å². The number of phosphoric acid groups is 1. The highest BCUT2D eigenvalue weighted by Crippen LogP contribution is 2.38. The summed E-state index contributed by atoms with van der Waals surface area (Å²) in [5.41, 5.74) is 0. The van der Waals surface area contributed by atoms with Gasteiger partial charge in [-0.2, -0.15) is 0 Å². The summed E-state index contributed by atoms with van der Waals surface area (Å²) in [5.74, 6) is -0.854. The lowest BCUT2D eigenvalue weighted by Gasteiger charge is -2.28. The number of esters is 2. The summed E-state index contributed by atoms with van der Waals surface area (Å²) in [4.78, 5) is 37.8. The van der Waals surface area contributed by atoms with Crippen molar-refractivity contribution in [3.63, 3.8) is 0 Å². The molecule has 0 bridgehead atoms. The van der Waals surface area contributed by atoms with Gasteiger partial charge in [-0.1, -0.05) is 207 Å². The number of likely N-dealkylation sites (N-methyl/N-ethyl adjacent to an activating group) is 1. The van der Waals surface area contributed by atoms with Crippen LogP contribution in [0.1, 0.15) is 219 Å². The maximum Gasteiger partial charge on any atom is 0.306 e. The minimum Gasteiger partial charge on any atom is -0.756 e. The number of quaternary nitrogens is 1. The normalized spacial score (nSPS) is 14.1. The number of unbranched alkanes of at least 4 members (excludes halogenated alkanes) is 20. The Morgan fingerprint density at radius 3 is 1.23 bits per heavy atom. The first-order valence-electron chi connectivity index (χ1n) is 27.9. The number of rotatable bonds is 50. The van der Waals surface area contributed by atoms with Gasteiger partial charge < -0.3 is 27.9 Å². The van der Waals surface area contributed by atoms with Crippen molar-refractivity contribution in [3.05, 3.63) is 97.2 Å². The molecule has 0 fully saturated rings. The summed E-state index contributed by atoms with van der Waals surface area (Å²) in [6.45, 7) is 4.09. The highest BCUT2D eigenvalue weighted by atomic mass is 31.2. The van der Waals surface area contributed by atoms with Crippen molar-refractivity contribution in [2.24, 2.45) is 0 Å². The summed E-state index contributed by atoms with van der Waals surface area (Å²) in [7, 11) is 1.15. The fraction of sp³-hybridized carbons (Fsp3) is 0.700. The predicted octanol–water partition coefficient (Wildman–Crippen LogP) is 16.6. The molecule has 0 rings (SSSR count). The first-order valence-corrected chi connectivity index (χ1v) is 29.4. The van der Waals surface area contributed by atoms with Gasteiger partial charge in [-0.15, -0.1) is 0 Å². The number of allylic oxidation sites excluding steroid dienone is 16. The van der Waals surface area contributed by atoms with Gasteiger partial charge in [0.05, 0.1) is 27.7 Å². The van der Waals surface area contributed by atoms with Gasteiger partial charge in [0.25, 0.3) is 7.82 Å². The average molecular weight is 998 g/mol. The third-order valence-corrected chi connectivity index (χ3v) is 12.6. The molecule has 0 aliphatic rings. The average Bonchev–Trinajstić information content (AvgIpc) is 3.32. The summed E-state index contributed by atoms with van der Waals surface area (Å²) in [5, 5.41) is 0. The summed E-state index contributed by atoms with van der Waals surface area (Å²) in [6.07, 6.45) is 68.7. The lowest BCUT2D eigenvalue weighted by molar-refractivity contribution is -0.870. The third-order valence-electron chi connectivity index (χ3n) is 11.6. The van der Waals surface area contributed by atoms with E-state index in [1.807, 2.05) is 21.1 Å². The van der Waals surface area contributed by atoms with Crippen LogP contribution >= 0.6 is 7.82 Å². The Morgan fingerprint density at radius 2 is 0.814 bits per heavy atom. The van der Waals surface area contributed by atoms with Gasteiger partial charge in [0.2, 0.25) is 0 Å². The maximum absolute atomic E-state index is 12.8. The smallest absolute Gasteiger partial charge is 0.306 e. The third kappa shape index (κ3) is 54.3. The molecule has 0 spiro atoms. The molecule has 0 amide bonds. The number of hydrogen-bond donors (Lipinski definition) is 0. The maximum atomic E-state index is 12.8. The minimum absolute atomic E-state index is 0.0376. The number of ether oxygens (including phenoxy) is 2. The number of hydrogen-bond acceptors (Lipinski definition) is 8. The zero-order valence-corrected chi connectivity index (χ0v) is 46.3. The Balaban J connectivity index is 4.19. The van der Waals surface area contributed by atoms with E-state index < -0.39 is 32.5 Å². The van der Waals surface area contributed by atoms with Crippen molar-refractivity contribution in [1.29, 1.82) is 0 Å². The van der Waals surface area contributed by atoms with Crippen LogP contribution in [0.4, 0.5) is 0 Å². The van der Waals surface area contributed by atoms with Crippen molar-refractivity contribution < 1.29 is 42.1 Å². The minimum atomic E-state index is -4.64. The van der Waals surface area contributed by atoms with Crippen molar-refractivity contribution in [2.75, 3.05) is 47.5 Å². The summed E-state index contributed by atoms with van der Waals surface area (Å²) < 4.78 is 34.1. The number of phosphoric ester groups is 1. The van der Waals surface area contributed by atoms with Crippen LogP contribution in [-0.2, 0) is 32.7 Å². The lowest BCUT2D eigenvalue weighted by Crippen LogP contribution is -2.37. The van der Waals surface area contributed by atoms with E-state index in [4.69, 9.17) is 18.5 Å². The zero-order valence-electron chi connectivity index (χ0n) is 45.4. The molecule has 2 unspecified atom stereocenters. The van der Waals surface area contributed by atoms with Crippen LogP contribution in [0.5, 0.6) is 0 Å². The number of nitrogens with zero attached hydrogens (tertiary/aromatic N) is 1. The highest BCUT2D eigenvalue weighted by Gasteiger charge is 2.21. The van der Waals surface area contributed by atoms with Crippen LogP contribution < -0.4 is 4.89 Å². The topological polar surface area (TPSA) is 111 Å². The van der Waals surface area contributed by atoms with E-state index in [9.17, 15) is 19.0 Å². The molecule has 0 heterocycles. The quantitative estimate of drug-likeness (QED) is 0.0195. The Labute approximate surface area is 430 Å². The fourth-order valence-electron chi connectivity index (χ4n) is 7.28. The number of carbonyl (C=O) groups is 2. The van der Waals surface area contributed by atoms with Crippen molar-refractivity contribution in [3.8, 4) is 0 Å². The van der Waals surface area contributed by atoms with Crippen molar-refractivity contribution in [2.45, 2.75) is 225 Å². The van der Waals surface area contributed by atoms with E-state index in [0.29, 0.717) is 23.9 Å². The van der Waals surface area contributed by atoms with Gasteiger partial charge in [-0.25, -0.2) is 0 Å². The van der Waals surface area contributed by atoms with E-state index in [1.165, 1.54) is 77.0 Å². The van der Waals surface area contributed by atoms with Crippen LogP contribution in [-0.4, -0.2) is 70.0 Å². The molecule has 0 aliphatic heterocycles. The van der Waals surface area contributed by atoms with E-state index in [0.717, 1.165) is 103 Å². The lowest BCUT2D eigenvalue weighted by atomic mass is 10.1. The molecule has 0 radical (unpaired) electrons. The second-order valence-corrected chi connectivity index (χ2v) is 21.0. The second-order valence-electron chi connectivity index (χ2n) is 19.6. The van der Waals surface area contributed by atoms with Crippen LogP contribution in [0, 0.1) is 0 Å². The van der Waals surface area contributed by atoms with Crippen LogP contribution in [0.2, 0.25) is 0 Å². The molecular weight excluding hydrogens is 894 g/mol. The van der Waals surface area contributed by atoms with E-state index >= 15 is 0 Å². The summed E-state index contributed by atoms with van der Waals surface area (Å²) in [6, 6.07) is 0. The largest absolute Gasteiger partial charge is 0.756 e. The molecule has 0 saturated heterocycles. The van der Waals surface area contributed by atoms with Crippen molar-refractivity contribution >= 4 is 19.8 Å². The summed E-state index contributed by atoms with van der Waals surface area (Å²) >= 11 is 0. The standard InChI is InChI=1S/C60H104NO8P/c1-6-8-10-12-14-16-18-20-22-23-24-25-26-27-28-29-30-31-32-33-34-35-36-37-39-41-43-45-47-49-51-53-60(63)69-58(57-68-70(64,65)67-55-54-61(3,4)5)56-66-59(62)52-50-48-46-44-42-40-38-21-19-17-15-13-11-9-7-2/h8,10,14,16,20-22,24-25,27-28,30-31,33-34,38,58H,6-7,9,11-13,15,17-19,23,26,29,32,35-37,39-57H2,1-5H3/b10-8-,16-14-,22-20-,25-24-,28-27-,31-30-,34-33-,38-21-. The van der Waals surface area contributed by atoms with E-state index in [1.54, 1.807) is 0 Å². The van der Waals surface area contributed by atoms with Gasteiger partial charge in [0, 0.05) is 12.8 Å². The van der Waals surface area contributed by atoms with E-state index in [-0.39, 0.29) is 26.1 Å². The molecule has 0 aliphatic carbocycles. The van der Waals surface area contributed by atoms with Gasteiger partial charge in [0.15, 0.2) is 6.10 Å². The molecule has 0 aromatic heterocycles. The Hall–Kier alpha value is -3.07. The first-order chi connectivity index (χ1) is 34.0. The SMILES string of the molecule is CC/C=C\C/C=C\C/C=C\C/C=C\C/C=C\C/C=C\C/C=C\CCCCCCCCCCCC(=O)OC(COC(=O)CCCCCCC/C=C\CCCCCCCC)COP(=O)([O-])OCC[N+](C)(C)C. The highest BCUT2D eigenvalue weighted by molar-refractivity contribution is 7.45. The molecule has 9 nitrogen and oxygen atoms in total. The Bertz CT molecular complexity index is 1500. The molecule has 2 atom stereocenters. The predicted molar refractivity (Wildman–Crippen MR) is 295 cm³/mol. The van der Waals surface area contributed by atoms with Crippen LogP contribution in [0.3, 0.4) is 0 Å². The molecule has 0 N–H and O–H groups in total. The Kier molecular flexibility index (Phi) is 48.6. The van der Waals surface area contributed by atoms with Gasteiger partial charge in [-0.3, -0.25) is 14.2 Å². The first kappa shape index (κ1) is 66.9. The molecule has 10 heteroatoms. The fourth-order valence-corrected chi connectivity index (χ4v) is 8.01. The van der Waals surface area contributed by atoms with Crippen LogP contribution in [0.15, 0.2) is 97.2 Å². The Morgan fingerprint density at radius 1 is 0.457 bits per heavy atom. The molecule has 70 heavy (non-hydrogen) atoms. The number of carbonyl (C=O) groups excluding carboxylic acids is 2. The monoisotopic (exact) mass is 998 g/mol. The van der Waals surface area contributed by atoms with Gasteiger partial charge >= 0.3 is 11.9 Å². The van der Waals surface area contributed by atoms with Crippen LogP contribution in [0.25, 0.3) is 0 Å². The molecular formula is C60H104NO8P. The molecule has 0 aromatic rings. The second kappa shape index (κ2) is 50.9. The van der Waals surface area contributed by atoms with Gasteiger partial charge in [-0.05, 0) is 96.3 Å². The molecule has 402 valence electrons. The van der Waals surface area contributed by atoms with Gasteiger partial charge in [0.1, 0.15) is 19.8 Å². The van der Waals surface area contributed by atoms with Crippen molar-refractivity contribution in [1.82, 2.24) is 0 Å². The molecule has 0 saturated carbocycles. The molecule has 0 aromatic carbocycles.